The molecule has 142 valence electrons. The van der Waals surface area contributed by atoms with Crippen LogP contribution in [0, 0.1) is 5.92 Å². The van der Waals surface area contributed by atoms with E-state index in [9.17, 15) is 9.59 Å². The Hall–Kier alpha value is -3.22. The van der Waals surface area contributed by atoms with E-state index in [1.54, 1.807) is 43.4 Å². The van der Waals surface area contributed by atoms with E-state index >= 15 is 0 Å². The lowest BCUT2D eigenvalue weighted by atomic mass is 10.1. The molecule has 1 aliphatic heterocycles. The number of rotatable bonds is 6. The molecule has 27 heavy (non-hydrogen) atoms. The van der Waals surface area contributed by atoms with Gasteiger partial charge < -0.3 is 25.0 Å². The minimum atomic E-state index is -0.296. The molecule has 1 heterocycles. The Morgan fingerprint density at radius 1 is 1.04 bits per heavy atom. The van der Waals surface area contributed by atoms with E-state index < -0.39 is 0 Å². The number of amides is 3. The van der Waals surface area contributed by atoms with Gasteiger partial charge in [0.15, 0.2) is 0 Å². The zero-order valence-corrected chi connectivity index (χ0v) is 15.4. The molecule has 0 unspecified atom stereocenters. The zero-order valence-electron chi connectivity index (χ0n) is 15.4. The molecule has 0 radical (unpaired) electrons. The summed E-state index contributed by atoms with van der Waals surface area (Å²) in [6.07, 6.45) is 0.412. The van der Waals surface area contributed by atoms with E-state index in [4.69, 9.17) is 9.47 Å². The molecule has 7 heteroatoms. The molecule has 0 spiro atoms. The van der Waals surface area contributed by atoms with Gasteiger partial charge in [-0.2, -0.15) is 0 Å². The summed E-state index contributed by atoms with van der Waals surface area (Å²) in [5, 5.41) is 5.60. The second-order valence-corrected chi connectivity index (χ2v) is 6.34. The Morgan fingerprint density at radius 2 is 1.63 bits per heavy atom. The van der Waals surface area contributed by atoms with Crippen LogP contribution in [0.5, 0.6) is 11.5 Å². The van der Waals surface area contributed by atoms with Crippen molar-refractivity contribution >= 4 is 23.3 Å². The average molecular weight is 369 g/mol. The maximum absolute atomic E-state index is 12.3. The number of hydrogen-bond acceptors (Lipinski definition) is 4. The number of carbonyl (C=O) groups is 2. The van der Waals surface area contributed by atoms with Crippen LogP contribution in [0.15, 0.2) is 48.5 Å². The van der Waals surface area contributed by atoms with Gasteiger partial charge in [0.05, 0.1) is 14.2 Å². The largest absolute Gasteiger partial charge is 0.497 e. The molecule has 1 saturated heterocycles. The normalized spacial score (nSPS) is 16.1. The Kier molecular flexibility index (Phi) is 5.80. The van der Waals surface area contributed by atoms with Gasteiger partial charge in [-0.3, -0.25) is 4.79 Å². The average Bonchev–Trinajstić information content (AvgIpc) is 3.07. The fraction of sp³-hybridized carbons (Fsp3) is 0.300. The first kappa shape index (κ1) is 18.6. The van der Waals surface area contributed by atoms with Crippen molar-refractivity contribution < 1.29 is 19.1 Å². The Bertz CT molecular complexity index is 790. The van der Waals surface area contributed by atoms with Gasteiger partial charge in [-0.15, -0.1) is 0 Å². The van der Waals surface area contributed by atoms with Gasteiger partial charge in [0, 0.05) is 36.8 Å². The molecule has 7 nitrogen and oxygen atoms in total. The number of ether oxygens (including phenoxy) is 2. The summed E-state index contributed by atoms with van der Waals surface area (Å²) in [6.45, 7) is 1.01. The smallest absolute Gasteiger partial charge is 0.319 e. The maximum atomic E-state index is 12.3. The van der Waals surface area contributed by atoms with Crippen LogP contribution in [0.2, 0.25) is 0 Å². The number of urea groups is 1. The second kappa shape index (κ2) is 8.44. The molecule has 1 aliphatic rings. The third-order valence-electron chi connectivity index (χ3n) is 4.49. The van der Waals surface area contributed by atoms with E-state index in [0.29, 0.717) is 25.2 Å². The van der Waals surface area contributed by atoms with Crippen LogP contribution in [0.1, 0.15) is 6.42 Å². The first-order chi connectivity index (χ1) is 13.1. The highest BCUT2D eigenvalue weighted by atomic mass is 16.5. The Morgan fingerprint density at radius 3 is 2.22 bits per heavy atom. The van der Waals surface area contributed by atoms with E-state index in [0.717, 1.165) is 17.2 Å². The van der Waals surface area contributed by atoms with E-state index in [-0.39, 0.29) is 17.9 Å². The Balaban J connectivity index is 1.49. The molecule has 3 rings (SSSR count). The molecule has 3 amide bonds. The van der Waals surface area contributed by atoms with E-state index in [1.165, 1.54) is 0 Å². The lowest BCUT2D eigenvalue weighted by molar-refractivity contribution is -0.117. The molecule has 2 aromatic rings. The molecule has 2 N–H and O–H groups in total. The lowest BCUT2D eigenvalue weighted by Crippen LogP contribution is -2.34. The molecule has 0 saturated carbocycles. The van der Waals surface area contributed by atoms with E-state index in [1.807, 2.05) is 24.3 Å². The number of carbonyl (C=O) groups excluding carboxylic acids is 2. The number of methoxy groups -OCH3 is 2. The molecular formula is C20H23N3O4. The summed E-state index contributed by atoms with van der Waals surface area (Å²) in [6, 6.07) is 14.2. The van der Waals surface area contributed by atoms with Crippen LogP contribution < -0.4 is 25.0 Å². The van der Waals surface area contributed by atoms with Gasteiger partial charge >= 0.3 is 6.03 Å². The Labute approximate surface area is 158 Å². The zero-order chi connectivity index (χ0) is 19.2. The maximum Gasteiger partial charge on any atom is 0.319 e. The summed E-state index contributed by atoms with van der Waals surface area (Å²) in [5.41, 5.74) is 1.52. The molecular weight excluding hydrogens is 346 g/mol. The first-order valence-electron chi connectivity index (χ1n) is 8.72. The fourth-order valence-corrected chi connectivity index (χ4v) is 3.02. The van der Waals surface area contributed by atoms with Crippen LogP contribution in [0.4, 0.5) is 16.2 Å². The quantitative estimate of drug-likeness (QED) is 0.821. The highest BCUT2D eigenvalue weighted by Gasteiger charge is 2.30. The predicted molar refractivity (Wildman–Crippen MR) is 103 cm³/mol. The SMILES string of the molecule is COc1ccc(NC(=O)NC[C@@H]2CC(=O)N(c3ccc(OC)cc3)C2)cc1. The highest BCUT2D eigenvalue weighted by Crippen LogP contribution is 2.26. The van der Waals surface area contributed by atoms with Crippen molar-refractivity contribution in [2.45, 2.75) is 6.42 Å². The number of nitrogens with zero attached hydrogens (tertiary/aromatic N) is 1. The van der Waals surface area contributed by atoms with Crippen molar-refractivity contribution in [1.82, 2.24) is 5.32 Å². The second-order valence-electron chi connectivity index (χ2n) is 6.34. The standard InChI is InChI=1S/C20H23N3O4/c1-26-17-7-3-15(4-8-17)22-20(25)21-12-14-11-19(24)23(13-14)16-5-9-18(27-2)10-6-16/h3-10,14H,11-13H2,1-2H3,(H2,21,22,25)/t14-/m0/s1. The van der Waals surface area contributed by atoms with Crippen molar-refractivity contribution in [3.05, 3.63) is 48.5 Å². The van der Waals surface area contributed by atoms with Crippen LogP contribution in [-0.2, 0) is 4.79 Å². The van der Waals surface area contributed by atoms with Crippen molar-refractivity contribution in [2.75, 3.05) is 37.5 Å². The van der Waals surface area contributed by atoms with Crippen molar-refractivity contribution in [3.63, 3.8) is 0 Å². The minimum Gasteiger partial charge on any atom is -0.497 e. The molecule has 2 aromatic carbocycles. The summed E-state index contributed by atoms with van der Waals surface area (Å²) in [5.74, 6) is 1.60. The monoisotopic (exact) mass is 369 g/mol. The number of nitrogens with one attached hydrogen (secondary N) is 2. The molecule has 0 aliphatic carbocycles. The topological polar surface area (TPSA) is 79.9 Å². The summed E-state index contributed by atoms with van der Waals surface area (Å²) < 4.78 is 10.2. The summed E-state index contributed by atoms with van der Waals surface area (Å²) in [4.78, 5) is 26.1. The number of hydrogen-bond donors (Lipinski definition) is 2. The molecule has 0 aromatic heterocycles. The number of benzene rings is 2. The van der Waals surface area contributed by atoms with Crippen LogP contribution in [0.25, 0.3) is 0 Å². The number of anilines is 2. The highest BCUT2D eigenvalue weighted by molar-refractivity contribution is 5.96. The predicted octanol–water partition coefficient (Wildman–Crippen LogP) is 2.88. The fourth-order valence-electron chi connectivity index (χ4n) is 3.02. The van der Waals surface area contributed by atoms with Crippen LogP contribution in [0.3, 0.4) is 0 Å². The first-order valence-corrected chi connectivity index (χ1v) is 8.72. The van der Waals surface area contributed by atoms with Gasteiger partial charge in [-0.25, -0.2) is 4.79 Å². The van der Waals surface area contributed by atoms with Crippen LogP contribution >= 0.6 is 0 Å². The van der Waals surface area contributed by atoms with Gasteiger partial charge in [-0.1, -0.05) is 0 Å². The molecule has 1 fully saturated rings. The van der Waals surface area contributed by atoms with Crippen molar-refractivity contribution in [1.29, 1.82) is 0 Å². The molecule has 1 atom stereocenters. The minimum absolute atomic E-state index is 0.0579. The van der Waals surface area contributed by atoms with Crippen LogP contribution in [-0.4, -0.2) is 39.2 Å². The lowest BCUT2D eigenvalue weighted by Gasteiger charge is -2.17. The third kappa shape index (κ3) is 4.69. The van der Waals surface area contributed by atoms with Gasteiger partial charge in [0.1, 0.15) is 11.5 Å². The molecule has 0 bridgehead atoms. The summed E-state index contributed by atoms with van der Waals surface area (Å²) in [7, 11) is 3.20. The van der Waals surface area contributed by atoms with Crippen molar-refractivity contribution in [2.24, 2.45) is 5.92 Å². The van der Waals surface area contributed by atoms with E-state index in [2.05, 4.69) is 10.6 Å². The third-order valence-corrected chi connectivity index (χ3v) is 4.49. The summed E-state index contributed by atoms with van der Waals surface area (Å²) >= 11 is 0. The van der Waals surface area contributed by atoms with Gasteiger partial charge in [0.2, 0.25) is 5.91 Å². The van der Waals surface area contributed by atoms with Crippen molar-refractivity contribution in [3.8, 4) is 11.5 Å². The van der Waals surface area contributed by atoms with Gasteiger partial charge in [-0.05, 0) is 48.5 Å². The van der Waals surface area contributed by atoms with Gasteiger partial charge in [0.25, 0.3) is 0 Å².